The Hall–Kier alpha value is -2.75. The lowest BCUT2D eigenvalue weighted by Gasteiger charge is -2.34. The van der Waals surface area contributed by atoms with E-state index in [1.807, 2.05) is 43.5 Å². The zero-order chi connectivity index (χ0) is 21.8. The lowest BCUT2D eigenvalue weighted by atomic mass is 9.70. The van der Waals surface area contributed by atoms with Crippen LogP contribution in [-0.4, -0.2) is 24.4 Å². The molecule has 1 saturated carbocycles. The first-order chi connectivity index (χ1) is 14.9. The predicted molar refractivity (Wildman–Crippen MR) is 126 cm³/mol. The number of hydrogen-bond acceptors (Lipinski definition) is 3. The van der Waals surface area contributed by atoms with Gasteiger partial charge in [-0.2, -0.15) is 0 Å². The minimum Gasteiger partial charge on any atom is -0.352 e. The van der Waals surface area contributed by atoms with E-state index in [1.54, 1.807) is 0 Å². The highest BCUT2D eigenvalue weighted by Gasteiger charge is 2.39. The summed E-state index contributed by atoms with van der Waals surface area (Å²) in [6.07, 6.45) is 16.9. The van der Waals surface area contributed by atoms with Gasteiger partial charge in [0.1, 0.15) is 0 Å². The Morgan fingerprint density at radius 2 is 1.94 bits per heavy atom. The molecule has 4 rings (SSSR count). The van der Waals surface area contributed by atoms with Crippen LogP contribution < -0.4 is 5.32 Å². The first kappa shape index (κ1) is 21.5. The van der Waals surface area contributed by atoms with Crippen molar-refractivity contribution in [1.82, 2.24) is 5.32 Å². The molecule has 1 N–H and O–H groups in total. The lowest BCUT2D eigenvalue weighted by molar-refractivity contribution is -0.126. The van der Waals surface area contributed by atoms with E-state index < -0.39 is 5.41 Å². The summed E-state index contributed by atoms with van der Waals surface area (Å²) < 4.78 is 0. The third-order valence-electron chi connectivity index (χ3n) is 6.87. The molecule has 0 spiro atoms. The average molecular weight is 417 g/mol. The Bertz CT molecular complexity index is 963. The van der Waals surface area contributed by atoms with Crippen molar-refractivity contribution in [1.29, 1.82) is 0 Å². The number of para-hydroxylation sites is 1. The van der Waals surface area contributed by atoms with Gasteiger partial charge < -0.3 is 5.32 Å². The molecule has 0 saturated heterocycles. The van der Waals surface area contributed by atoms with Gasteiger partial charge in [-0.25, -0.2) is 0 Å². The quantitative estimate of drug-likeness (QED) is 0.680. The zero-order valence-corrected chi connectivity index (χ0v) is 18.5. The van der Waals surface area contributed by atoms with Crippen molar-refractivity contribution in [2.75, 3.05) is 6.54 Å². The monoisotopic (exact) mass is 416 g/mol. The van der Waals surface area contributed by atoms with Crippen LogP contribution in [0.15, 0.2) is 65.2 Å². The molecular weight excluding hydrogens is 384 g/mol. The van der Waals surface area contributed by atoms with Gasteiger partial charge in [0.25, 0.3) is 0 Å². The summed E-state index contributed by atoms with van der Waals surface area (Å²) in [5.74, 6) is 1.25. The summed E-state index contributed by atoms with van der Waals surface area (Å²) in [6.45, 7) is 4.74. The first-order valence-corrected chi connectivity index (χ1v) is 11.5. The number of Topliss-reactive ketones (excluding diaryl/α,β-unsaturated/α-hetero) is 1. The number of allylic oxidation sites excluding steroid dienone is 4. The molecule has 3 aliphatic rings. The molecule has 4 nitrogen and oxygen atoms in total. The van der Waals surface area contributed by atoms with E-state index in [9.17, 15) is 9.59 Å². The van der Waals surface area contributed by atoms with Crippen LogP contribution in [0.3, 0.4) is 0 Å². The van der Waals surface area contributed by atoms with Crippen LogP contribution in [0.5, 0.6) is 0 Å². The van der Waals surface area contributed by atoms with Gasteiger partial charge in [0.05, 0.1) is 11.1 Å². The molecule has 162 valence electrons. The van der Waals surface area contributed by atoms with Gasteiger partial charge >= 0.3 is 0 Å². The Labute approximate surface area is 185 Å². The zero-order valence-electron chi connectivity index (χ0n) is 18.5. The van der Waals surface area contributed by atoms with Gasteiger partial charge in [-0.3, -0.25) is 14.6 Å². The third-order valence-corrected chi connectivity index (χ3v) is 6.87. The van der Waals surface area contributed by atoms with Crippen LogP contribution in [-0.2, 0) is 4.79 Å². The molecule has 31 heavy (non-hydrogen) atoms. The van der Waals surface area contributed by atoms with Crippen LogP contribution in [0.4, 0.5) is 5.69 Å². The smallest absolute Gasteiger partial charge is 0.223 e. The number of nitrogens with one attached hydrogen (secondary N) is 1. The SMILES string of the molecule is CC1C=CC=CC(CNC(=O)C2CCC(CC3(C)C=Nc4ccccc4C3=O)CC2)=C1. The number of fused-ring (bicyclic) bond motifs is 1. The van der Waals surface area contributed by atoms with Gasteiger partial charge in [0.15, 0.2) is 5.78 Å². The maximum Gasteiger partial charge on any atom is 0.223 e. The number of aliphatic imine (C=N–C) groups is 1. The van der Waals surface area contributed by atoms with Crippen molar-refractivity contribution < 1.29 is 9.59 Å². The van der Waals surface area contributed by atoms with E-state index >= 15 is 0 Å². The number of carbonyl (C=O) groups excluding carboxylic acids is 2. The van der Waals surface area contributed by atoms with E-state index in [4.69, 9.17) is 0 Å². The lowest BCUT2D eigenvalue weighted by Crippen LogP contribution is -2.37. The van der Waals surface area contributed by atoms with E-state index in [-0.39, 0.29) is 17.6 Å². The molecule has 0 bridgehead atoms. The Morgan fingerprint density at radius 3 is 2.74 bits per heavy atom. The van der Waals surface area contributed by atoms with E-state index in [0.29, 0.717) is 18.4 Å². The first-order valence-electron chi connectivity index (χ1n) is 11.5. The van der Waals surface area contributed by atoms with Crippen molar-refractivity contribution in [3.63, 3.8) is 0 Å². The summed E-state index contributed by atoms with van der Waals surface area (Å²) in [5.41, 5.74) is 2.11. The molecule has 1 aliphatic heterocycles. The van der Waals surface area contributed by atoms with E-state index in [0.717, 1.165) is 48.9 Å². The van der Waals surface area contributed by atoms with Crippen molar-refractivity contribution in [2.24, 2.45) is 28.2 Å². The highest BCUT2D eigenvalue weighted by atomic mass is 16.2. The predicted octanol–water partition coefficient (Wildman–Crippen LogP) is 5.59. The number of carbonyl (C=O) groups is 2. The highest BCUT2D eigenvalue weighted by molar-refractivity contribution is 6.15. The van der Waals surface area contributed by atoms with Crippen molar-refractivity contribution in [2.45, 2.75) is 46.0 Å². The van der Waals surface area contributed by atoms with Crippen LogP contribution in [0, 0.1) is 23.2 Å². The maximum atomic E-state index is 13.1. The molecule has 2 unspecified atom stereocenters. The van der Waals surface area contributed by atoms with E-state index in [2.05, 4.69) is 41.5 Å². The summed E-state index contributed by atoms with van der Waals surface area (Å²) in [5, 5.41) is 3.13. The minimum atomic E-state index is -0.544. The molecule has 1 heterocycles. The van der Waals surface area contributed by atoms with E-state index in [1.165, 1.54) is 0 Å². The van der Waals surface area contributed by atoms with Gasteiger partial charge in [-0.05, 0) is 68.6 Å². The van der Waals surface area contributed by atoms with Gasteiger partial charge in [-0.1, -0.05) is 49.4 Å². The number of rotatable bonds is 5. The molecule has 0 aromatic heterocycles. The Kier molecular flexibility index (Phi) is 6.35. The molecular formula is C27H32N2O2. The number of nitrogens with zero attached hydrogens (tertiary/aromatic N) is 1. The largest absolute Gasteiger partial charge is 0.352 e. The van der Waals surface area contributed by atoms with Crippen LogP contribution in [0.1, 0.15) is 56.3 Å². The van der Waals surface area contributed by atoms with Gasteiger partial charge in [0, 0.05) is 24.2 Å². The molecule has 1 aromatic rings. The fourth-order valence-electron chi connectivity index (χ4n) is 5.05. The Balaban J connectivity index is 1.28. The van der Waals surface area contributed by atoms with Crippen molar-refractivity contribution >= 4 is 23.6 Å². The number of hydrogen-bond donors (Lipinski definition) is 1. The molecule has 2 aliphatic carbocycles. The number of amides is 1. The third kappa shape index (κ3) is 4.95. The second kappa shape index (κ2) is 9.17. The van der Waals surface area contributed by atoms with Gasteiger partial charge in [-0.15, -0.1) is 0 Å². The number of ketones is 1. The maximum absolute atomic E-state index is 13.1. The fourth-order valence-corrected chi connectivity index (χ4v) is 5.05. The van der Waals surface area contributed by atoms with Crippen LogP contribution >= 0.6 is 0 Å². The molecule has 4 heteroatoms. The highest BCUT2D eigenvalue weighted by Crippen LogP contribution is 2.41. The second-order valence-corrected chi connectivity index (χ2v) is 9.51. The summed E-state index contributed by atoms with van der Waals surface area (Å²) >= 11 is 0. The minimum absolute atomic E-state index is 0.0754. The number of benzene rings is 1. The molecule has 1 amide bonds. The topological polar surface area (TPSA) is 58.5 Å². The summed E-state index contributed by atoms with van der Waals surface area (Å²) in [4.78, 5) is 30.4. The van der Waals surface area contributed by atoms with Crippen LogP contribution in [0.2, 0.25) is 0 Å². The van der Waals surface area contributed by atoms with Crippen LogP contribution in [0.25, 0.3) is 0 Å². The molecule has 2 atom stereocenters. The average Bonchev–Trinajstić information content (AvgIpc) is 2.99. The van der Waals surface area contributed by atoms with Crippen molar-refractivity contribution in [3.05, 3.63) is 65.8 Å². The fraction of sp³-hybridized carbons (Fsp3) is 0.444. The normalized spacial score (nSPS) is 29.8. The van der Waals surface area contributed by atoms with Gasteiger partial charge in [0.2, 0.25) is 5.91 Å². The molecule has 1 aromatic carbocycles. The standard InChI is InChI=1S/C27H32N2O2/c1-19-7-3-4-8-21(15-19)17-28-26(31)22-13-11-20(12-14-22)16-27(2)18-29-24-10-6-5-9-23(24)25(27)30/h3-10,15,18-20,22H,11-14,16-17H2,1-2H3,(H,28,31). The second-order valence-electron chi connectivity index (χ2n) is 9.51. The summed E-state index contributed by atoms with van der Waals surface area (Å²) in [7, 11) is 0. The molecule has 0 radical (unpaired) electrons. The summed E-state index contributed by atoms with van der Waals surface area (Å²) in [6, 6.07) is 7.59. The molecule has 1 fully saturated rings. The Morgan fingerprint density at radius 1 is 1.16 bits per heavy atom. The van der Waals surface area contributed by atoms with Crippen molar-refractivity contribution in [3.8, 4) is 0 Å².